The quantitative estimate of drug-likeness (QED) is 0.821. The third-order valence-electron chi connectivity index (χ3n) is 4.72. The molecule has 2 aliphatic rings. The Labute approximate surface area is 137 Å². The summed E-state index contributed by atoms with van der Waals surface area (Å²) in [5.41, 5.74) is 3.88. The van der Waals surface area contributed by atoms with E-state index in [-0.39, 0.29) is 0 Å². The van der Waals surface area contributed by atoms with Crippen molar-refractivity contribution in [3.8, 4) is 0 Å². The minimum absolute atomic E-state index is 0.375. The molecule has 0 aromatic carbocycles. The molecule has 5 heteroatoms. The monoisotopic (exact) mass is 312 g/mol. The van der Waals surface area contributed by atoms with Crippen LogP contribution in [0, 0.1) is 5.92 Å². The minimum atomic E-state index is 0.375. The average molecular weight is 312 g/mol. The summed E-state index contributed by atoms with van der Waals surface area (Å²) in [7, 11) is 2.01. The van der Waals surface area contributed by atoms with Gasteiger partial charge in [-0.05, 0) is 36.5 Å². The summed E-state index contributed by atoms with van der Waals surface area (Å²) in [6.45, 7) is 4.63. The number of aromatic nitrogens is 3. The molecule has 3 heterocycles. The summed E-state index contributed by atoms with van der Waals surface area (Å²) in [6.07, 6.45) is 8.57. The first kappa shape index (κ1) is 14.8. The fourth-order valence-corrected chi connectivity index (χ4v) is 3.38. The zero-order valence-electron chi connectivity index (χ0n) is 13.7. The van der Waals surface area contributed by atoms with Crippen LogP contribution in [-0.2, 0) is 24.9 Å². The smallest absolute Gasteiger partial charge is 0.0736 e. The molecule has 2 aromatic rings. The van der Waals surface area contributed by atoms with E-state index in [1.807, 2.05) is 24.1 Å². The second kappa shape index (κ2) is 6.42. The highest BCUT2D eigenvalue weighted by atomic mass is 16.5. The van der Waals surface area contributed by atoms with Gasteiger partial charge >= 0.3 is 0 Å². The SMILES string of the molecule is Cn1cc2c(n1)[C@@H](COCC1CC1)CN(Cc1ccncc1)C2. The summed E-state index contributed by atoms with van der Waals surface area (Å²) in [6, 6.07) is 4.19. The maximum absolute atomic E-state index is 5.98. The summed E-state index contributed by atoms with van der Waals surface area (Å²) in [5, 5.41) is 4.69. The van der Waals surface area contributed by atoms with E-state index in [0.29, 0.717) is 5.92 Å². The van der Waals surface area contributed by atoms with Crippen LogP contribution in [0.15, 0.2) is 30.7 Å². The van der Waals surface area contributed by atoms with Crippen LogP contribution in [0.4, 0.5) is 0 Å². The van der Waals surface area contributed by atoms with Crippen molar-refractivity contribution in [3.05, 3.63) is 47.5 Å². The van der Waals surface area contributed by atoms with Gasteiger partial charge in [0.2, 0.25) is 0 Å². The molecule has 4 rings (SSSR count). The van der Waals surface area contributed by atoms with Gasteiger partial charge in [-0.3, -0.25) is 14.6 Å². The zero-order chi connectivity index (χ0) is 15.6. The lowest BCUT2D eigenvalue weighted by atomic mass is 9.97. The van der Waals surface area contributed by atoms with Crippen molar-refractivity contribution in [2.24, 2.45) is 13.0 Å². The van der Waals surface area contributed by atoms with Gasteiger partial charge in [0, 0.05) is 63.4 Å². The maximum Gasteiger partial charge on any atom is 0.0736 e. The van der Waals surface area contributed by atoms with Crippen LogP contribution in [0.1, 0.15) is 35.6 Å². The molecule has 5 nitrogen and oxygen atoms in total. The lowest BCUT2D eigenvalue weighted by molar-refractivity contribution is 0.0881. The zero-order valence-corrected chi connectivity index (χ0v) is 13.7. The van der Waals surface area contributed by atoms with Crippen molar-refractivity contribution in [2.75, 3.05) is 19.8 Å². The van der Waals surface area contributed by atoms with Crippen molar-refractivity contribution < 1.29 is 4.74 Å². The summed E-state index contributed by atoms with van der Waals surface area (Å²) in [5.74, 6) is 1.19. The third kappa shape index (κ3) is 3.62. The normalized spacial score (nSPS) is 21.3. The Morgan fingerprint density at radius 3 is 2.83 bits per heavy atom. The molecule has 0 N–H and O–H groups in total. The van der Waals surface area contributed by atoms with Gasteiger partial charge in [-0.15, -0.1) is 0 Å². The lowest BCUT2D eigenvalue weighted by Gasteiger charge is -2.31. The van der Waals surface area contributed by atoms with Gasteiger partial charge in [0.25, 0.3) is 0 Å². The lowest BCUT2D eigenvalue weighted by Crippen LogP contribution is -2.35. The van der Waals surface area contributed by atoms with Crippen LogP contribution >= 0.6 is 0 Å². The number of hydrogen-bond donors (Lipinski definition) is 0. The Morgan fingerprint density at radius 1 is 1.22 bits per heavy atom. The Morgan fingerprint density at radius 2 is 2.04 bits per heavy atom. The molecule has 1 aliphatic carbocycles. The fourth-order valence-electron chi connectivity index (χ4n) is 3.38. The van der Waals surface area contributed by atoms with Crippen LogP contribution < -0.4 is 0 Å². The van der Waals surface area contributed by atoms with Crippen molar-refractivity contribution in [2.45, 2.75) is 31.8 Å². The highest BCUT2D eigenvalue weighted by Gasteiger charge is 2.29. The first-order valence-corrected chi connectivity index (χ1v) is 8.49. The highest BCUT2D eigenvalue weighted by Crippen LogP contribution is 2.31. The van der Waals surface area contributed by atoms with Crippen LogP contribution in [0.25, 0.3) is 0 Å². The molecule has 0 amide bonds. The average Bonchev–Trinajstić information content (AvgIpc) is 3.28. The first-order valence-electron chi connectivity index (χ1n) is 8.49. The van der Waals surface area contributed by atoms with Crippen LogP contribution in [-0.4, -0.2) is 39.4 Å². The Hall–Kier alpha value is -1.72. The van der Waals surface area contributed by atoms with Gasteiger partial charge in [-0.1, -0.05) is 0 Å². The van der Waals surface area contributed by atoms with E-state index in [1.165, 1.54) is 29.7 Å². The number of aryl methyl sites for hydroxylation is 1. The van der Waals surface area contributed by atoms with Crippen molar-refractivity contribution in [1.29, 1.82) is 0 Å². The van der Waals surface area contributed by atoms with Crippen molar-refractivity contribution in [1.82, 2.24) is 19.7 Å². The van der Waals surface area contributed by atoms with E-state index in [2.05, 4.69) is 33.3 Å². The Kier molecular flexibility index (Phi) is 4.14. The van der Waals surface area contributed by atoms with Crippen molar-refractivity contribution in [3.63, 3.8) is 0 Å². The molecule has 0 bridgehead atoms. The van der Waals surface area contributed by atoms with Crippen LogP contribution in [0.5, 0.6) is 0 Å². The molecular weight excluding hydrogens is 288 g/mol. The first-order chi connectivity index (χ1) is 11.3. The van der Waals surface area contributed by atoms with Gasteiger partial charge < -0.3 is 4.74 Å². The minimum Gasteiger partial charge on any atom is -0.380 e. The largest absolute Gasteiger partial charge is 0.380 e. The van der Waals surface area contributed by atoms with E-state index in [1.54, 1.807) is 0 Å². The second-order valence-corrected chi connectivity index (χ2v) is 6.92. The molecule has 122 valence electrons. The molecular formula is C18H24N4O. The highest BCUT2D eigenvalue weighted by molar-refractivity contribution is 5.25. The van der Waals surface area contributed by atoms with E-state index in [9.17, 15) is 0 Å². The Bertz CT molecular complexity index is 650. The summed E-state index contributed by atoms with van der Waals surface area (Å²) >= 11 is 0. The predicted molar refractivity (Wildman–Crippen MR) is 87.8 cm³/mol. The molecule has 0 spiro atoms. The second-order valence-electron chi connectivity index (χ2n) is 6.92. The number of hydrogen-bond acceptors (Lipinski definition) is 4. The van der Waals surface area contributed by atoms with Gasteiger partial charge in [-0.2, -0.15) is 5.10 Å². The molecule has 1 aliphatic heterocycles. The predicted octanol–water partition coefficient (Wildman–Crippen LogP) is 2.34. The molecule has 1 atom stereocenters. The molecule has 1 saturated carbocycles. The molecule has 0 radical (unpaired) electrons. The van der Waals surface area contributed by atoms with Gasteiger partial charge in [0.1, 0.15) is 0 Å². The van der Waals surface area contributed by atoms with Crippen molar-refractivity contribution >= 4 is 0 Å². The van der Waals surface area contributed by atoms with Crippen LogP contribution in [0.3, 0.4) is 0 Å². The van der Waals surface area contributed by atoms with Gasteiger partial charge in [0.15, 0.2) is 0 Å². The summed E-state index contributed by atoms with van der Waals surface area (Å²) in [4.78, 5) is 6.59. The van der Waals surface area contributed by atoms with Gasteiger partial charge in [-0.25, -0.2) is 0 Å². The fraction of sp³-hybridized carbons (Fsp3) is 0.556. The molecule has 0 unspecified atom stereocenters. The molecule has 1 fully saturated rings. The number of pyridine rings is 1. The molecule has 0 saturated heterocycles. The number of rotatable bonds is 6. The van der Waals surface area contributed by atoms with E-state index >= 15 is 0 Å². The van der Waals surface area contributed by atoms with Crippen LogP contribution in [0.2, 0.25) is 0 Å². The number of fused-ring (bicyclic) bond motifs is 1. The molecule has 23 heavy (non-hydrogen) atoms. The number of nitrogens with zero attached hydrogens (tertiary/aromatic N) is 4. The Balaban J connectivity index is 1.45. The van der Waals surface area contributed by atoms with E-state index in [4.69, 9.17) is 4.74 Å². The molecule has 2 aromatic heterocycles. The van der Waals surface area contributed by atoms with E-state index < -0.39 is 0 Å². The third-order valence-corrected chi connectivity index (χ3v) is 4.72. The summed E-state index contributed by atoms with van der Waals surface area (Å²) < 4.78 is 7.91. The topological polar surface area (TPSA) is 43.2 Å². The maximum atomic E-state index is 5.98. The van der Waals surface area contributed by atoms with Gasteiger partial charge in [0.05, 0.1) is 12.3 Å². The van der Waals surface area contributed by atoms with E-state index in [0.717, 1.165) is 38.8 Å². The standard InChI is InChI=1S/C18H24N4O/c1-21-9-16-10-22(8-14-4-6-19-7-5-14)11-17(18(16)20-21)13-23-12-15-2-3-15/h4-7,9,15,17H,2-3,8,10-13H2,1H3/t17-/m1/s1. The number of ether oxygens (including phenoxy) is 1.